The summed E-state index contributed by atoms with van der Waals surface area (Å²) in [5.74, 6) is -0.279. The van der Waals surface area contributed by atoms with E-state index in [4.69, 9.17) is 0 Å². The molecule has 152 valence electrons. The smallest absolute Gasteiger partial charge is 0.242 e. The standard InChI is InChI=1S/C21H23N3O3S2/c1-14-6-11-17-19(13-14)28-21(23-17)15-7-9-16(10-8-15)22-20(25)18-5-3-4-12-24(18)29(2,26)27/h6-11,13,18H,3-5,12H2,1-2H3,(H,22,25)/t18-/m1/s1. The van der Waals surface area contributed by atoms with Crippen molar-refractivity contribution in [2.24, 2.45) is 0 Å². The van der Waals surface area contributed by atoms with Gasteiger partial charge in [0.15, 0.2) is 0 Å². The van der Waals surface area contributed by atoms with E-state index < -0.39 is 16.1 Å². The summed E-state index contributed by atoms with van der Waals surface area (Å²) in [5, 5.41) is 3.79. The summed E-state index contributed by atoms with van der Waals surface area (Å²) in [6.45, 7) is 2.46. The van der Waals surface area contributed by atoms with Crippen LogP contribution in [0.2, 0.25) is 0 Å². The fraction of sp³-hybridized carbons (Fsp3) is 0.333. The number of thiazole rings is 1. The van der Waals surface area contributed by atoms with Crippen LogP contribution in [-0.2, 0) is 14.8 Å². The summed E-state index contributed by atoms with van der Waals surface area (Å²) in [6.07, 6.45) is 3.34. The topological polar surface area (TPSA) is 79.4 Å². The lowest BCUT2D eigenvalue weighted by Crippen LogP contribution is -2.49. The number of rotatable bonds is 4. The Hall–Kier alpha value is -2.29. The number of aromatic nitrogens is 1. The number of sulfonamides is 1. The minimum Gasteiger partial charge on any atom is -0.325 e. The zero-order valence-corrected chi connectivity index (χ0v) is 18.0. The molecule has 1 aliphatic rings. The van der Waals surface area contributed by atoms with Crippen LogP contribution >= 0.6 is 11.3 Å². The van der Waals surface area contributed by atoms with Crippen LogP contribution in [0.5, 0.6) is 0 Å². The van der Waals surface area contributed by atoms with Crippen molar-refractivity contribution in [3.8, 4) is 10.6 Å². The summed E-state index contributed by atoms with van der Waals surface area (Å²) >= 11 is 1.64. The summed E-state index contributed by atoms with van der Waals surface area (Å²) < 4.78 is 26.4. The fourth-order valence-corrected chi connectivity index (χ4v) is 5.83. The molecule has 3 aromatic rings. The number of fused-ring (bicyclic) bond motifs is 1. The SMILES string of the molecule is Cc1ccc2nc(-c3ccc(NC(=O)[C@H]4CCCCN4S(C)(=O)=O)cc3)sc2c1. The summed E-state index contributed by atoms with van der Waals surface area (Å²) in [4.78, 5) is 17.4. The van der Waals surface area contributed by atoms with E-state index in [9.17, 15) is 13.2 Å². The van der Waals surface area contributed by atoms with E-state index in [-0.39, 0.29) is 5.91 Å². The Bertz CT molecular complexity index is 1150. The molecule has 1 N–H and O–H groups in total. The van der Waals surface area contributed by atoms with Crippen LogP contribution in [0, 0.1) is 6.92 Å². The molecule has 0 radical (unpaired) electrons. The van der Waals surface area contributed by atoms with Crippen LogP contribution in [-0.4, -0.2) is 42.5 Å². The lowest BCUT2D eigenvalue weighted by Gasteiger charge is -2.32. The molecule has 0 saturated carbocycles. The largest absolute Gasteiger partial charge is 0.325 e. The number of nitrogens with one attached hydrogen (secondary N) is 1. The fourth-order valence-electron chi connectivity index (χ4n) is 3.64. The molecule has 1 atom stereocenters. The molecule has 4 rings (SSSR count). The van der Waals surface area contributed by atoms with E-state index in [0.717, 1.165) is 39.9 Å². The first-order valence-electron chi connectivity index (χ1n) is 9.56. The number of benzene rings is 2. The molecule has 0 bridgehead atoms. The van der Waals surface area contributed by atoms with Gasteiger partial charge in [0.2, 0.25) is 15.9 Å². The molecule has 8 heteroatoms. The van der Waals surface area contributed by atoms with Crippen molar-refractivity contribution in [3.63, 3.8) is 0 Å². The lowest BCUT2D eigenvalue weighted by molar-refractivity contribution is -0.120. The molecule has 1 saturated heterocycles. The van der Waals surface area contributed by atoms with Gasteiger partial charge in [-0.1, -0.05) is 12.5 Å². The molecule has 6 nitrogen and oxygen atoms in total. The van der Waals surface area contributed by atoms with Crippen LogP contribution in [0.1, 0.15) is 24.8 Å². The number of aryl methyl sites for hydroxylation is 1. The molecular formula is C21H23N3O3S2. The number of hydrogen-bond acceptors (Lipinski definition) is 5. The highest BCUT2D eigenvalue weighted by atomic mass is 32.2. The Morgan fingerprint density at radius 3 is 2.66 bits per heavy atom. The quantitative estimate of drug-likeness (QED) is 0.679. The van der Waals surface area contributed by atoms with Crippen molar-refractivity contribution in [1.82, 2.24) is 9.29 Å². The van der Waals surface area contributed by atoms with Gasteiger partial charge in [0.1, 0.15) is 11.0 Å². The summed E-state index contributed by atoms with van der Waals surface area (Å²) in [7, 11) is -3.41. The Kier molecular flexibility index (Phi) is 5.42. The van der Waals surface area contributed by atoms with Crippen LogP contribution in [0.4, 0.5) is 5.69 Å². The second-order valence-corrected chi connectivity index (χ2v) is 10.4. The maximum atomic E-state index is 12.7. The number of anilines is 1. The molecule has 1 aliphatic heterocycles. The molecule has 1 aromatic heterocycles. The zero-order chi connectivity index (χ0) is 20.6. The average Bonchev–Trinajstić information content (AvgIpc) is 3.11. The second-order valence-electron chi connectivity index (χ2n) is 7.44. The average molecular weight is 430 g/mol. The molecule has 0 unspecified atom stereocenters. The van der Waals surface area contributed by atoms with Crippen LogP contribution in [0.3, 0.4) is 0 Å². The molecule has 1 amide bonds. The van der Waals surface area contributed by atoms with Gasteiger partial charge in [-0.15, -0.1) is 11.3 Å². The van der Waals surface area contributed by atoms with E-state index in [1.165, 1.54) is 9.87 Å². The lowest BCUT2D eigenvalue weighted by atomic mass is 10.0. The highest BCUT2D eigenvalue weighted by Gasteiger charge is 2.34. The van der Waals surface area contributed by atoms with Crippen LogP contribution < -0.4 is 5.32 Å². The van der Waals surface area contributed by atoms with E-state index in [1.807, 2.05) is 30.3 Å². The third kappa shape index (κ3) is 4.34. The predicted octanol–water partition coefficient (Wildman–Crippen LogP) is 4.02. The van der Waals surface area contributed by atoms with Gasteiger partial charge >= 0.3 is 0 Å². The Labute approximate surface area is 174 Å². The number of piperidine rings is 1. The molecule has 29 heavy (non-hydrogen) atoms. The highest BCUT2D eigenvalue weighted by Crippen LogP contribution is 2.31. The Morgan fingerprint density at radius 1 is 1.17 bits per heavy atom. The van der Waals surface area contributed by atoms with Gasteiger partial charge in [-0.05, 0) is 61.7 Å². The van der Waals surface area contributed by atoms with Gasteiger partial charge in [-0.25, -0.2) is 13.4 Å². The number of hydrogen-bond donors (Lipinski definition) is 1. The maximum absolute atomic E-state index is 12.7. The Balaban J connectivity index is 1.50. The predicted molar refractivity (Wildman–Crippen MR) is 118 cm³/mol. The molecule has 2 aromatic carbocycles. The highest BCUT2D eigenvalue weighted by molar-refractivity contribution is 7.88. The number of carbonyl (C=O) groups is 1. The van der Waals surface area contributed by atoms with Gasteiger partial charge in [0.05, 0.1) is 16.5 Å². The van der Waals surface area contributed by atoms with Gasteiger partial charge in [0, 0.05) is 17.8 Å². The first kappa shape index (κ1) is 20.0. The molecule has 0 aliphatic carbocycles. The monoisotopic (exact) mass is 429 g/mol. The van der Waals surface area contributed by atoms with Gasteiger partial charge in [0.25, 0.3) is 0 Å². The number of carbonyl (C=O) groups excluding carboxylic acids is 1. The van der Waals surface area contributed by atoms with Gasteiger partial charge in [-0.2, -0.15) is 4.31 Å². The van der Waals surface area contributed by atoms with Gasteiger partial charge in [-0.3, -0.25) is 4.79 Å². The van der Waals surface area contributed by atoms with Crippen LogP contribution in [0.25, 0.3) is 20.8 Å². The number of amides is 1. The normalized spacial score (nSPS) is 18.1. The third-order valence-electron chi connectivity index (χ3n) is 5.13. The molecule has 0 spiro atoms. The van der Waals surface area contributed by atoms with E-state index in [2.05, 4.69) is 29.4 Å². The summed E-state index contributed by atoms with van der Waals surface area (Å²) in [6, 6.07) is 13.1. The van der Waals surface area contributed by atoms with E-state index in [1.54, 1.807) is 11.3 Å². The van der Waals surface area contributed by atoms with Crippen LogP contribution in [0.15, 0.2) is 42.5 Å². The second kappa shape index (κ2) is 7.85. The van der Waals surface area contributed by atoms with Crippen molar-refractivity contribution >= 4 is 43.2 Å². The minimum absolute atomic E-state index is 0.279. The first-order chi connectivity index (χ1) is 13.8. The zero-order valence-electron chi connectivity index (χ0n) is 16.4. The maximum Gasteiger partial charge on any atom is 0.242 e. The van der Waals surface area contributed by atoms with E-state index in [0.29, 0.717) is 18.7 Å². The van der Waals surface area contributed by atoms with E-state index >= 15 is 0 Å². The third-order valence-corrected chi connectivity index (χ3v) is 7.48. The first-order valence-corrected chi connectivity index (χ1v) is 12.2. The molecule has 1 fully saturated rings. The van der Waals surface area contributed by atoms with Crippen molar-refractivity contribution in [1.29, 1.82) is 0 Å². The Morgan fingerprint density at radius 2 is 1.93 bits per heavy atom. The molecule has 2 heterocycles. The molecular weight excluding hydrogens is 406 g/mol. The number of nitrogens with zero attached hydrogens (tertiary/aromatic N) is 2. The van der Waals surface area contributed by atoms with Crippen molar-refractivity contribution in [2.75, 3.05) is 18.1 Å². The summed E-state index contributed by atoms with van der Waals surface area (Å²) in [5.41, 5.74) is 3.81. The van der Waals surface area contributed by atoms with Crippen molar-refractivity contribution < 1.29 is 13.2 Å². The van der Waals surface area contributed by atoms with Gasteiger partial charge < -0.3 is 5.32 Å². The van der Waals surface area contributed by atoms with Crippen molar-refractivity contribution in [3.05, 3.63) is 48.0 Å². The minimum atomic E-state index is -3.41. The van der Waals surface area contributed by atoms with Crippen molar-refractivity contribution in [2.45, 2.75) is 32.2 Å².